The predicted octanol–water partition coefficient (Wildman–Crippen LogP) is 3.39. The highest BCUT2D eigenvalue weighted by Crippen LogP contribution is 2.36. The van der Waals surface area contributed by atoms with Gasteiger partial charge in [-0.05, 0) is 49.9 Å². The second kappa shape index (κ2) is 8.90. The van der Waals surface area contributed by atoms with Crippen molar-refractivity contribution in [2.24, 2.45) is 4.99 Å². The van der Waals surface area contributed by atoms with E-state index < -0.39 is 0 Å². The number of benzene rings is 1. The summed E-state index contributed by atoms with van der Waals surface area (Å²) in [6, 6.07) is 12.5. The van der Waals surface area contributed by atoms with Gasteiger partial charge < -0.3 is 19.8 Å². The van der Waals surface area contributed by atoms with E-state index in [4.69, 9.17) is 9.15 Å². The summed E-state index contributed by atoms with van der Waals surface area (Å²) < 4.78 is 11.0. The molecule has 26 heavy (non-hydrogen) atoms. The van der Waals surface area contributed by atoms with E-state index in [0.717, 1.165) is 50.9 Å². The number of hydrogen-bond donors (Lipinski definition) is 2. The molecule has 2 aromatic rings. The standard InChI is InChI=1S/C21H29N3O2/c1-3-22-20(23-15-18-8-6-12-26-18)24-16-21(10-13-25-14-11-21)19-9-5-4-7-17(19)2/h4-9,12H,3,10-11,13-16H2,1-2H3,(H2,22,23,24). The molecule has 1 aliphatic heterocycles. The molecule has 0 atom stereocenters. The van der Waals surface area contributed by atoms with Crippen LogP contribution in [0.3, 0.4) is 0 Å². The Balaban J connectivity index is 1.75. The van der Waals surface area contributed by atoms with E-state index in [0.29, 0.717) is 6.54 Å². The molecule has 0 radical (unpaired) electrons. The Morgan fingerprint density at radius 3 is 2.62 bits per heavy atom. The fraction of sp³-hybridized carbons (Fsp3) is 0.476. The van der Waals surface area contributed by atoms with Crippen molar-refractivity contribution in [3.63, 3.8) is 0 Å². The normalized spacial score (nSPS) is 17.1. The molecule has 1 aromatic carbocycles. The maximum Gasteiger partial charge on any atom is 0.191 e. The molecule has 0 aliphatic carbocycles. The molecule has 1 aliphatic rings. The highest BCUT2D eigenvalue weighted by Gasteiger charge is 2.35. The van der Waals surface area contributed by atoms with E-state index in [1.165, 1.54) is 11.1 Å². The van der Waals surface area contributed by atoms with Gasteiger partial charge in [-0.3, -0.25) is 0 Å². The van der Waals surface area contributed by atoms with Crippen molar-refractivity contribution in [3.05, 3.63) is 59.5 Å². The Morgan fingerprint density at radius 2 is 1.92 bits per heavy atom. The monoisotopic (exact) mass is 355 g/mol. The molecule has 140 valence electrons. The zero-order valence-corrected chi connectivity index (χ0v) is 15.8. The highest BCUT2D eigenvalue weighted by atomic mass is 16.5. The maximum absolute atomic E-state index is 5.65. The first-order valence-electron chi connectivity index (χ1n) is 9.42. The van der Waals surface area contributed by atoms with Crippen LogP contribution in [0.15, 0.2) is 52.1 Å². The van der Waals surface area contributed by atoms with Crippen molar-refractivity contribution < 1.29 is 9.15 Å². The predicted molar refractivity (Wildman–Crippen MR) is 104 cm³/mol. The van der Waals surface area contributed by atoms with Gasteiger partial charge in [0.1, 0.15) is 12.3 Å². The van der Waals surface area contributed by atoms with Crippen LogP contribution in [0.5, 0.6) is 0 Å². The summed E-state index contributed by atoms with van der Waals surface area (Å²) in [5.41, 5.74) is 2.83. The molecule has 1 aromatic heterocycles. The number of furan rings is 1. The second-order valence-electron chi connectivity index (χ2n) is 6.84. The number of aliphatic imine (C=N–C) groups is 1. The minimum atomic E-state index is 0.0739. The third-order valence-electron chi connectivity index (χ3n) is 5.08. The van der Waals surface area contributed by atoms with Crippen LogP contribution in [0.25, 0.3) is 0 Å². The lowest BCUT2D eigenvalue weighted by atomic mass is 9.72. The van der Waals surface area contributed by atoms with Gasteiger partial charge in [-0.15, -0.1) is 0 Å². The molecule has 0 unspecified atom stereocenters. The summed E-state index contributed by atoms with van der Waals surface area (Å²) in [6.45, 7) is 8.07. The van der Waals surface area contributed by atoms with E-state index >= 15 is 0 Å². The molecule has 3 rings (SSSR count). The SMILES string of the molecule is CCNC(=NCc1ccco1)NCC1(c2ccccc2C)CCOCC1. The second-order valence-corrected chi connectivity index (χ2v) is 6.84. The number of nitrogens with one attached hydrogen (secondary N) is 2. The molecular weight excluding hydrogens is 326 g/mol. The van der Waals surface area contributed by atoms with Gasteiger partial charge in [-0.2, -0.15) is 0 Å². The van der Waals surface area contributed by atoms with Gasteiger partial charge >= 0.3 is 0 Å². The zero-order chi connectivity index (χ0) is 18.2. The van der Waals surface area contributed by atoms with Crippen molar-refractivity contribution in [3.8, 4) is 0 Å². The molecule has 2 N–H and O–H groups in total. The number of rotatable bonds is 6. The Labute approximate surface area is 155 Å². The van der Waals surface area contributed by atoms with Gasteiger partial charge in [0, 0.05) is 31.7 Å². The van der Waals surface area contributed by atoms with E-state index in [9.17, 15) is 0 Å². The van der Waals surface area contributed by atoms with Crippen molar-refractivity contribution >= 4 is 5.96 Å². The summed E-state index contributed by atoms with van der Waals surface area (Å²) in [5.74, 6) is 1.69. The lowest BCUT2D eigenvalue weighted by Gasteiger charge is -2.39. The lowest BCUT2D eigenvalue weighted by Crippen LogP contribution is -2.48. The summed E-state index contributed by atoms with van der Waals surface area (Å²) in [7, 11) is 0. The summed E-state index contributed by atoms with van der Waals surface area (Å²) in [6.07, 6.45) is 3.71. The van der Waals surface area contributed by atoms with Gasteiger partial charge in [0.2, 0.25) is 0 Å². The molecule has 0 saturated carbocycles. The average molecular weight is 355 g/mol. The molecule has 5 nitrogen and oxygen atoms in total. The number of guanidine groups is 1. The molecule has 5 heteroatoms. The van der Waals surface area contributed by atoms with Crippen LogP contribution in [0.4, 0.5) is 0 Å². The van der Waals surface area contributed by atoms with Gasteiger partial charge in [-0.25, -0.2) is 4.99 Å². The van der Waals surface area contributed by atoms with Crippen LogP contribution in [-0.2, 0) is 16.7 Å². The smallest absolute Gasteiger partial charge is 0.191 e. The fourth-order valence-electron chi connectivity index (χ4n) is 3.63. The Bertz CT molecular complexity index is 704. The summed E-state index contributed by atoms with van der Waals surface area (Å²) in [5, 5.41) is 6.89. The summed E-state index contributed by atoms with van der Waals surface area (Å²) in [4.78, 5) is 4.66. The van der Waals surface area contributed by atoms with Gasteiger partial charge in [0.05, 0.1) is 6.26 Å². The van der Waals surface area contributed by atoms with E-state index in [-0.39, 0.29) is 5.41 Å². The summed E-state index contributed by atoms with van der Waals surface area (Å²) >= 11 is 0. The first-order valence-corrected chi connectivity index (χ1v) is 9.42. The van der Waals surface area contributed by atoms with Crippen molar-refractivity contribution in [1.82, 2.24) is 10.6 Å². The zero-order valence-electron chi connectivity index (χ0n) is 15.8. The Morgan fingerprint density at radius 1 is 1.12 bits per heavy atom. The molecule has 1 saturated heterocycles. The third-order valence-corrected chi connectivity index (χ3v) is 5.08. The van der Waals surface area contributed by atoms with Crippen LogP contribution in [0.2, 0.25) is 0 Å². The third kappa shape index (κ3) is 4.47. The van der Waals surface area contributed by atoms with Crippen molar-refractivity contribution in [2.75, 3.05) is 26.3 Å². The first kappa shape index (κ1) is 18.5. The molecule has 2 heterocycles. The molecule has 0 spiro atoms. The number of aryl methyl sites for hydroxylation is 1. The van der Waals surface area contributed by atoms with Gasteiger partial charge in [0.15, 0.2) is 5.96 Å². The van der Waals surface area contributed by atoms with E-state index in [1.807, 2.05) is 12.1 Å². The molecular formula is C21H29N3O2. The lowest BCUT2D eigenvalue weighted by molar-refractivity contribution is 0.0512. The average Bonchev–Trinajstić information content (AvgIpc) is 3.19. The number of nitrogens with zero attached hydrogens (tertiary/aromatic N) is 1. The topological polar surface area (TPSA) is 58.8 Å². The van der Waals surface area contributed by atoms with Crippen molar-refractivity contribution in [1.29, 1.82) is 0 Å². The minimum Gasteiger partial charge on any atom is -0.467 e. The maximum atomic E-state index is 5.65. The molecule has 1 fully saturated rings. The van der Waals surface area contributed by atoms with Gasteiger partial charge in [0.25, 0.3) is 0 Å². The van der Waals surface area contributed by atoms with Crippen LogP contribution in [-0.4, -0.2) is 32.3 Å². The van der Waals surface area contributed by atoms with Crippen LogP contribution in [0, 0.1) is 6.92 Å². The fourth-order valence-corrected chi connectivity index (χ4v) is 3.63. The Kier molecular flexibility index (Phi) is 6.34. The molecule has 0 bridgehead atoms. The largest absolute Gasteiger partial charge is 0.467 e. The molecule has 0 amide bonds. The van der Waals surface area contributed by atoms with Gasteiger partial charge in [-0.1, -0.05) is 24.3 Å². The number of hydrogen-bond acceptors (Lipinski definition) is 3. The first-order chi connectivity index (χ1) is 12.7. The minimum absolute atomic E-state index is 0.0739. The Hall–Kier alpha value is -2.27. The van der Waals surface area contributed by atoms with Crippen LogP contribution < -0.4 is 10.6 Å². The van der Waals surface area contributed by atoms with Crippen LogP contribution >= 0.6 is 0 Å². The quantitative estimate of drug-likeness (QED) is 0.616. The van der Waals surface area contributed by atoms with Crippen LogP contribution in [0.1, 0.15) is 36.7 Å². The van der Waals surface area contributed by atoms with E-state index in [1.54, 1.807) is 6.26 Å². The number of ether oxygens (including phenoxy) is 1. The van der Waals surface area contributed by atoms with E-state index in [2.05, 4.69) is 53.7 Å². The highest BCUT2D eigenvalue weighted by molar-refractivity contribution is 5.79. The van der Waals surface area contributed by atoms with Crippen molar-refractivity contribution in [2.45, 2.75) is 38.6 Å².